The van der Waals surface area contributed by atoms with Crippen molar-refractivity contribution in [2.45, 2.75) is 19.3 Å². The lowest BCUT2D eigenvalue weighted by atomic mass is 10.1. The van der Waals surface area contributed by atoms with Gasteiger partial charge >= 0.3 is 0 Å². The quantitative estimate of drug-likeness (QED) is 0.785. The van der Waals surface area contributed by atoms with Gasteiger partial charge in [-0.1, -0.05) is 6.42 Å². The van der Waals surface area contributed by atoms with Crippen molar-refractivity contribution in [1.82, 2.24) is 10.2 Å². The Bertz CT molecular complexity index is 684. The SMILES string of the molecule is COc1ccc(OCCN2CCCCC2)c(/C=C2\SC(=O)NC2=O)c1. The Balaban J connectivity index is 1.70. The third-order valence-corrected chi connectivity index (χ3v) is 5.07. The minimum Gasteiger partial charge on any atom is -0.497 e. The van der Waals surface area contributed by atoms with E-state index in [9.17, 15) is 9.59 Å². The number of likely N-dealkylation sites (tertiary alicyclic amines) is 1. The van der Waals surface area contributed by atoms with E-state index in [1.165, 1.54) is 19.3 Å². The fourth-order valence-corrected chi connectivity index (χ4v) is 3.60. The second-order valence-electron chi connectivity index (χ2n) is 6.01. The normalized spacial score (nSPS) is 20.0. The lowest BCUT2D eigenvalue weighted by molar-refractivity contribution is -0.115. The first kappa shape index (κ1) is 17.8. The van der Waals surface area contributed by atoms with Crippen molar-refractivity contribution >= 4 is 29.0 Å². The first-order chi connectivity index (χ1) is 12.2. The Kier molecular flexibility index (Phi) is 5.99. The molecule has 0 radical (unpaired) electrons. The summed E-state index contributed by atoms with van der Waals surface area (Å²) in [5.41, 5.74) is 0.727. The van der Waals surface area contributed by atoms with Gasteiger partial charge in [-0.3, -0.25) is 19.8 Å². The summed E-state index contributed by atoms with van der Waals surface area (Å²) in [6, 6.07) is 5.46. The van der Waals surface area contributed by atoms with Gasteiger partial charge in [-0.05, 0) is 62.0 Å². The molecule has 1 aromatic rings. The van der Waals surface area contributed by atoms with Crippen LogP contribution < -0.4 is 14.8 Å². The molecule has 0 aliphatic carbocycles. The molecule has 2 saturated heterocycles. The molecule has 0 atom stereocenters. The van der Waals surface area contributed by atoms with Gasteiger partial charge < -0.3 is 9.47 Å². The van der Waals surface area contributed by atoms with E-state index in [-0.39, 0.29) is 11.1 Å². The van der Waals surface area contributed by atoms with Crippen LogP contribution in [0.4, 0.5) is 4.79 Å². The molecule has 7 heteroatoms. The molecule has 1 aromatic carbocycles. The molecule has 3 rings (SSSR count). The number of carbonyl (C=O) groups is 2. The summed E-state index contributed by atoms with van der Waals surface area (Å²) in [7, 11) is 1.59. The van der Waals surface area contributed by atoms with Crippen LogP contribution in [0, 0.1) is 0 Å². The van der Waals surface area contributed by atoms with Gasteiger partial charge in [0.1, 0.15) is 18.1 Å². The Hall–Kier alpha value is -1.99. The van der Waals surface area contributed by atoms with Gasteiger partial charge in [-0.15, -0.1) is 0 Å². The molecular formula is C18H22N2O4S. The number of nitrogens with zero attached hydrogens (tertiary/aromatic N) is 1. The highest BCUT2D eigenvalue weighted by molar-refractivity contribution is 8.18. The molecule has 0 unspecified atom stereocenters. The van der Waals surface area contributed by atoms with Crippen molar-refractivity contribution < 1.29 is 19.1 Å². The van der Waals surface area contributed by atoms with E-state index in [1.807, 2.05) is 12.1 Å². The van der Waals surface area contributed by atoms with Crippen LogP contribution in [0.3, 0.4) is 0 Å². The number of amides is 2. The van der Waals surface area contributed by atoms with Gasteiger partial charge in [0, 0.05) is 12.1 Å². The van der Waals surface area contributed by atoms with Gasteiger partial charge in [-0.2, -0.15) is 0 Å². The lowest BCUT2D eigenvalue weighted by Gasteiger charge is -2.26. The number of ether oxygens (including phenoxy) is 2. The van der Waals surface area contributed by atoms with Crippen LogP contribution in [-0.2, 0) is 4.79 Å². The molecule has 0 aromatic heterocycles. The number of imide groups is 1. The summed E-state index contributed by atoms with van der Waals surface area (Å²) in [4.78, 5) is 25.9. The Labute approximate surface area is 151 Å². The maximum absolute atomic E-state index is 11.8. The highest BCUT2D eigenvalue weighted by atomic mass is 32.2. The predicted molar refractivity (Wildman–Crippen MR) is 97.9 cm³/mol. The second-order valence-corrected chi connectivity index (χ2v) is 7.02. The van der Waals surface area contributed by atoms with E-state index < -0.39 is 0 Å². The molecular weight excluding hydrogens is 340 g/mol. The van der Waals surface area contributed by atoms with Gasteiger partial charge in [0.05, 0.1) is 12.0 Å². The fourth-order valence-electron chi connectivity index (χ4n) is 2.93. The standard InChI is InChI=1S/C18H22N2O4S/c1-23-14-5-6-15(24-10-9-20-7-3-2-4-8-20)13(11-14)12-16-17(21)19-18(22)25-16/h5-6,11-12H,2-4,7-10H2,1H3,(H,19,21,22)/b16-12-. The zero-order chi connectivity index (χ0) is 17.6. The van der Waals surface area contributed by atoms with Crippen molar-refractivity contribution in [2.24, 2.45) is 0 Å². The zero-order valence-electron chi connectivity index (χ0n) is 14.2. The number of thioether (sulfide) groups is 1. The molecule has 2 fully saturated rings. The third kappa shape index (κ3) is 4.76. The summed E-state index contributed by atoms with van der Waals surface area (Å²) >= 11 is 0.894. The lowest BCUT2D eigenvalue weighted by Crippen LogP contribution is -2.33. The molecule has 2 aliphatic heterocycles. The Morgan fingerprint density at radius 2 is 2.04 bits per heavy atom. The van der Waals surface area contributed by atoms with Crippen molar-refractivity contribution in [1.29, 1.82) is 0 Å². The molecule has 2 aliphatic rings. The van der Waals surface area contributed by atoms with Crippen molar-refractivity contribution in [3.8, 4) is 11.5 Å². The number of hydrogen-bond acceptors (Lipinski definition) is 6. The van der Waals surface area contributed by atoms with Crippen molar-refractivity contribution in [3.05, 3.63) is 28.7 Å². The Morgan fingerprint density at radius 3 is 2.72 bits per heavy atom. The molecule has 2 amide bonds. The van der Waals surface area contributed by atoms with Crippen LogP contribution in [0.2, 0.25) is 0 Å². The fraction of sp³-hybridized carbons (Fsp3) is 0.444. The van der Waals surface area contributed by atoms with Crippen molar-refractivity contribution in [3.63, 3.8) is 0 Å². The predicted octanol–water partition coefficient (Wildman–Crippen LogP) is 2.88. The largest absolute Gasteiger partial charge is 0.497 e. The number of piperidine rings is 1. The van der Waals surface area contributed by atoms with Gasteiger partial charge in [0.2, 0.25) is 0 Å². The summed E-state index contributed by atoms with van der Waals surface area (Å²) < 4.78 is 11.2. The van der Waals surface area contributed by atoms with E-state index >= 15 is 0 Å². The number of methoxy groups -OCH3 is 1. The minimum atomic E-state index is -0.378. The summed E-state index contributed by atoms with van der Waals surface area (Å²) in [6.45, 7) is 3.72. The van der Waals surface area contributed by atoms with E-state index in [0.717, 1.165) is 37.0 Å². The van der Waals surface area contributed by atoms with E-state index in [0.29, 0.717) is 23.0 Å². The van der Waals surface area contributed by atoms with Crippen LogP contribution in [-0.4, -0.2) is 49.4 Å². The van der Waals surface area contributed by atoms with Crippen LogP contribution in [0.1, 0.15) is 24.8 Å². The smallest absolute Gasteiger partial charge is 0.290 e. The molecule has 0 saturated carbocycles. The maximum atomic E-state index is 11.8. The van der Waals surface area contributed by atoms with Crippen LogP contribution in [0.25, 0.3) is 6.08 Å². The number of carbonyl (C=O) groups excluding carboxylic acids is 2. The van der Waals surface area contributed by atoms with E-state index in [2.05, 4.69) is 10.2 Å². The number of nitrogens with one attached hydrogen (secondary N) is 1. The Morgan fingerprint density at radius 1 is 1.24 bits per heavy atom. The highest BCUT2D eigenvalue weighted by Crippen LogP contribution is 2.31. The molecule has 1 N–H and O–H groups in total. The number of benzene rings is 1. The van der Waals surface area contributed by atoms with Crippen LogP contribution in [0.5, 0.6) is 11.5 Å². The highest BCUT2D eigenvalue weighted by Gasteiger charge is 2.25. The van der Waals surface area contributed by atoms with E-state index in [4.69, 9.17) is 9.47 Å². The monoisotopic (exact) mass is 362 g/mol. The molecule has 25 heavy (non-hydrogen) atoms. The second kappa shape index (κ2) is 8.40. The maximum Gasteiger partial charge on any atom is 0.290 e. The average Bonchev–Trinajstić information content (AvgIpc) is 2.94. The third-order valence-electron chi connectivity index (χ3n) is 4.26. The molecule has 6 nitrogen and oxygen atoms in total. The average molecular weight is 362 g/mol. The molecule has 0 bridgehead atoms. The first-order valence-electron chi connectivity index (χ1n) is 8.44. The minimum absolute atomic E-state index is 0.355. The molecule has 134 valence electrons. The van der Waals surface area contributed by atoms with E-state index in [1.54, 1.807) is 19.3 Å². The summed E-state index contributed by atoms with van der Waals surface area (Å²) in [5.74, 6) is 0.972. The van der Waals surface area contributed by atoms with Gasteiger partial charge in [0.25, 0.3) is 11.1 Å². The topological polar surface area (TPSA) is 67.9 Å². The first-order valence-corrected chi connectivity index (χ1v) is 9.25. The number of rotatable bonds is 6. The molecule has 0 spiro atoms. The number of hydrogen-bond donors (Lipinski definition) is 1. The van der Waals surface area contributed by atoms with Gasteiger partial charge in [-0.25, -0.2) is 0 Å². The van der Waals surface area contributed by atoms with Crippen LogP contribution >= 0.6 is 11.8 Å². The van der Waals surface area contributed by atoms with Crippen molar-refractivity contribution in [2.75, 3.05) is 33.4 Å². The summed E-state index contributed by atoms with van der Waals surface area (Å²) in [6.07, 6.45) is 5.48. The van der Waals surface area contributed by atoms with Crippen LogP contribution in [0.15, 0.2) is 23.1 Å². The van der Waals surface area contributed by atoms with Gasteiger partial charge in [0.15, 0.2) is 0 Å². The molecule has 2 heterocycles. The zero-order valence-corrected chi connectivity index (χ0v) is 15.1. The summed E-state index contributed by atoms with van der Waals surface area (Å²) in [5, 5.41) is 1.90.